The molecule has 3 N–H and O–H groups in total. The summed E-state index contributed by atoms with van der Waals surface area (Å²) < 4.78 is 0. The number of aliphatic hydroxyl groups is 1. The maximum atomic E-state index is 11.8. The second-order valence-corrected chi connectivity index (χ2v) is 5.45. The van der Waals surface area contributed by atoms with Crippen LogP contribution in [0.3, 0.4) is 0 Å². The van der Waals surface area contributed by atoms with Gasteiger partial charge in [0.1, 0.15) is 6.61 Å². The van der Waals surface area contributed by atoms with Gasteiger partial charge in [-0.05, 0) is 12.8 Å². The van der Waals surface area contributed by atoms with Gasteiger partial charge in [0.2, 0.25) is 0 Å². The van der Waals surface area contributed by atoms with Crippen LogP contribution in [0.25, 0.3) is 0 Å². The van der Waals surface area contributed by atoms with E-state index in [4.69, 9.17) is 5.11 Å². The first-order valence-electron chi connectivity index (χ1n) is 6.41. The highest BCUT2D eigenvalue weighted by Crippen LogP contribution is 2.19. The number of anilines is 1. The molecule has 0 saturated heterocycles. The van der Waals surface area contributed by atoms with Crippen molar-refractivity contribution in [3.8, 4) is 11.8 Å². The Labute approximate surface area is 116 Å². The van der Waals surface area contributed by atoms with E-state index in [1.54, 1.807) is 6.20 Å². The summed E-state index contributed by atoms with van der Waals surface area (Å²) in [6, 6.07) is 0.0743. The molecule has 102 valence electrons. The zero-order valence-electron chi connectivity index (χ0n) is 10.6. The van der Waals surface area contributed by atoms with Gasteiger partial charge in [-0.15, -0.1) is 0 Å². The number of carbonyl (C=O) groups is 1. The number of aromatic nitrogens is 1. The first kappa shape index (κ1) is 13.8. The number of amides is 2. The van der Waals surface area contributed by atoms with Crippen molar-refractivity contribution in [2.45, 2.75) is 38.1 Å². The lowest BCUT2D eigenvalue weighted by Gasteiger charge is -2.22. The molecule has 0 unspecified atom stereocenters. The van der Waals surface area contributed by atoms with Crippen LogP contribution in [0, 0.1) is 11.8 Å². The third-order valence-corrected chi connectivity index (χ3v) is 3.79. The quantitative estimate of drug-likeness (QED) is 0.724. The summed E-state index contributed by atoms with van der Waals surface area (Å²) in [5, 5.41) is 14.8. The van der Waals surface area contributed by atoms with E-state index in [1.807, 2.05) is 0 Å². The zero-order valence-corrected chi connectivity index (χ0v) is 11.4. The van der Waals surface area contributed by atoms with Crippen molar-refractivity contribution < 1.29 is 9.90 Å². The number of hydrogen-bond donors (Lipinski definition) is 3. The molecule has 0 aromatic carbocycles. The highest BCUT2D eigenvalue weighted by Gasteiger charge is 2.16. The van der Waals surface area contributed by atoms with Crippen LogP contribution in [0.2, 0.25) is 0 Å². The maximum Gasteiger partial charge on any atom is 0.321 e. The summed E-state index contributed by atoms with van der Waals surface area (Å²) in [7, 11) is 0. The van der Waals surface area contributed by atoms with Crippen molar-refractivity contribution in [1.82, 2.24) is 10.3 Å². The summed E-state index contributed by atoms with van der Waals surface area (Å²) in [4.78, 5) is 16.6. The van der Waals surface area contributed by atoms with E-state index < -0.39 is 0 Å². The van der Waals surface area contributed by atoms with Gasteiger partial charge in [-0.1, -0.05) is 42.4 Å². The zero-order chi connectivity index (χ0) is 13.5. The summed E-state index contributed by atoms with van der Waals surface area (Å²) in [6.07, 6.45) is 7.33. The maximum absolute atomic E-state index is 11.8. The van der Waals surface area contributed by atoms with Crippen LogP contribution in [-0.4, -0.2) is 28.8 Å². The first-order valence-corrected chi connectivity index (χ1v) is 7.22. The number of nitrogens with zero attached hydrogens (tertiary/aromatic N) is 1. The summed E-state index contributed by atoms with van der Waals surface area (Å²) >= 11 is 1.30. The van der Waals surface area contributed by atoms with E-state index in [0.717, 1.165) is 17.7 Å². The smallest absolute Gasteiger partial charge is 0.321 e. The Morgan fingerprint density at radius 2 is 2.26 bits per heavy atom. The molecule has 2 amide bonds. The average Bonchev–Trinajstić information content (AvgIpc) is 2.85. The number of thiazole rings is 1. The van der Waals surface area contributed by atoms with Crippen molar-refractivity contribution in [2.75, 3.05) is 11.9 Å². The van der Waals surface area contributed by atoms with Gasteiger partial charge in [-0.3, -0.25) is 5.32 Å². The van der Waals surface area contributed by atoms with Crippen LogP contribution in [-0.2, 0) is 0 Å². The topological polar surface area (TPSA) is 74.2 Å². The average molecular weight is 279 g/mol. The third-order valence-electron chi connectivity index (χ3n) is 2.96. The van der Waals surface area contributed by atoms with E-state index in [9.17, 15) is 4.79 Å². The van der Waals surface area contributed by atoms with Gasteiger partial charge in [0.15, 0.2) is 5.13 Å². The van der Waals surface area contributed by atoms with Crippen LogP contribution in [0.5, 0.6) is 0 Å². The van der Waals surface area contributed by atoms with Gasteiger partial charge in [0.25, 0.3) is 0 Å². The van der Waals surface area contributed by atoms with E-state index in [0.29, 0.717) is 5.13 Å². The van der Waals surface area contributed by atoms with E-state index in [2.05, 4.69) is 27.5 Å². The first-order chi connectivity index (χ1) is 9.28. The lowest BCUT2D eigenvalue weighted by Crippen LogP contribution is -2.38. The Balaban J connectivity index is 1.82. The Hall–Kier alpha value is -1.58. The second-order valence-electron chi connectivity index (χ2n) is 4.42. The predicted molar refractivity (Wildman–Crippen MR) is 75.1 cm³/mol. The molecule has 0 bridgehead atoms. The molecule has 0 radical (unpaired) electrons. The van der Waals surface area contributed by atoms with Crippen LogP contribution in [0.1, 0.15) is 37.0 Å². The molecule has 1 aromatic heterocycles. The molecule has 1 aliphatic carbocycles. The SMILES string of the molecule is O=C(Nc1ncc(C#CCO)s1)NC1CCCCC1. The van der Waals surface area contributed by atoms with Gasteiger partial charge in [-0.25, -0.2) is 9.78 Å². The third kappa shape index (κ3) is 4.54. The molecule has 1 fully saturated rings. The largest absolute Gasteiger partial charge is 0.384 e. The van der Waals surface area contributed by atoms with Gasteiger partial charge in [-0.2, -0.15) is 0 Å². The molecule has 0 atom stereocenters. The van der Waals surface area contributed by atoms with Crippen LogP contribution in [0.15, 0.2) is 6.20 Å². The minimum Gasteiger partial charge on any atom is -0.384 e. The number of urea groups is 1. The molecule has 19 heavy (non-hydrogen) atoms. The number of rotatable bonds is 2. The minimum atomic E-state index is -0.206. The molecule has 1 heterocycles. The summed E-state index contributed by atoms with van der Waals surface area (Å²) in [5.74, 6) is 5.30. The fourth-order valence-corrected chi connectivity index (χ4v) is 2.77. The normalized spacial score (nSPS) is 15.4. The van der Waals surface area contributed by atoms with Gasteiger partial charge in [0, 0.05) is 6.04 Å². The van der Waals surface area contributed by atoms with E-state index >= 15 is 0 Å². The monoisotopic (exact) mass is 279 g/mol. The minimum absolute atomic E-state index is 0.178. The Morgan fingerprint density at radius 1 is 1.47 bits per heavy atom. The van der Waals surface area contributed by atoms with Gasteiger partial charge < -0.3 is 10.4 Å². The predicted octanol–water partition coefficient (Wildman–Crippen LogP) is 1.94. The number of aliphatic hydroxyl groups excluding tert-OH is 1. The molecule has 1 saturated carbocycles. The van der Waals surface area contributed by atoms with E-state index in [1.165, 1.54) is 30.6 Å². The highest BCUT2D eigenvalue weighted by molar-refractivity contribution is 7.16. The number of hydrogen-bond acceptors (Lipinski definition) is 4. The Kier molecular flexibility index (Phi) is 5.19. The number of nitrogens with one attached hydrogen (secondary N) is 2. The molecule has 5 nitrogen and oxygen atoms in total. The second kappa shape index (κ2) is 7.12. The van der Waals surface area contributed by atoms with Gasteiger partial charge in [0.05, 0.1) is 11.1 Å². The molecule has 1 aliphatic rings. The van der Waals surface area contributed by atoms with Crippen LogP contribution >= 0.6 is 11.3 Å². The summed E-state index contributed by atoms with van der Waals surface area (Å²) in [6.45, 7) is -0.178. The van der Waals surface area contributed by atoms with Crippen molar-refractivity contribution in [3.05, 3.63) is 11.1 Å². The highest BCUT2D eigenvalue weighted by atomic mass is 32.1. The van der Waals surface area contributed by atoms with Crippen LogP contribution < -0.4 is 10.6 Å². The molecule has 0 spiro atoms. The van der Waals surface area contributed by atoms with Gasteiger partial charge >= 0.3 is 6.03 Å². The van der Waals surface area contributed by atoms with E-state index in [-0.39, 0.29) is 18.7 Å². The molecular formula is C13H17N3O2S. The van der Waals surface area contributed by atoms with Crippen molar-refractivity contribution in [1.29, 1.82) is 0 Å². The lowest BCUT2D eigenvalue weighted by molar-refractivity contribution is 0.244. The van der Waals surface area contributed by atoms with Crippen molar-refractivity contribution in [2.24, 2.45) is 0 Å². The fourth-order valence-electron chi connectivity index (χ4n) is 2.08. The molecule has 1 aromatic rings. The Bertz CT molecular complexity index is 484. The standard InChI is InChI=1S/C13H17N3O2S/c17-8-4-7-11-9-14-13(19-11)16-12(18)15-10-5-2-1-3-6-10/h9-10,17H,1-3,5-6,8H2,(H2,14,15,16,18). The Morgan fingerprint density at radius 3 is 3.00 bits per heavy atom. The fraction of sp³-hybridized carbons (Fsp3) is 0.538. The molecular weight excluding hydrogens is 262 g/mol. The molecule has 6 heteroatoms. The lowest BCUT2D eigenvalue weighted by atomic mass is 9.96. The number of carbonyl (C=O) groups excluding carboxylic acids is 1. The molecule has 2 rings (SSSR count). The molecule has 0 aliphatic heterocycles. The summed E-state index contributed by atoms with van der Waals surface area (Å²) in [5.41, 5.74) is 0. The van der Waals surface area contributed by atoms with Crippen molar-refractivity contribution in [3.63, 3.8) is 0 Å². The van der Waals surface area contributed by atoms with Crippen molar-refractivity contribution >= 4 is 22.5 Å². The van der Waals surface area contributed by atoms with Crippen LogP contribution in [0.4, 0.5) is 9.93 Å².